The molecular weight excluding hydrogens is 265 g/mol. The number of rotatable bonds is 2. The Morgan fingerprint density at radius 1 is 1.35 bits per heavy atom. The lowest BCUT2D eigenvalue weighted by molar-refractivity contribution is 0.207. The third-order valence-electron chi connectivity index (χ3n) is 2.45. The first-order valence-corrected chi connectivity index (χ1v) is 7.67. The van der Waals surface area contributed by atoms with Gasteiger partial charge in [-0.15, -0.1) is 11.8 Å². The van der Waals surface area contributed by atoms with E-state index in [4.69, 9.17) is 5.73 Å². The van der Waals surface area contributed by atoms with Gasteiger partial charge in [-0.05, 0) is 18.2 Å². The van der Waals surface area contributed by atoms with E-state index in [1.54, 1.807) is 6.07 Å². The third-order valence-corrected chi connectivity index (χ3v) is 5.67. The number of anilines is 1. The van der Waals surface area contributed by atoms with Gasteiger partial charge in [0.2, 0.25) is 0 Å². The van der Waals surface area contributed by atoms with E-state index in [0.717, 1.165) is 11.8 Å². The topological polar surface area (TPSA) is 80.4 Å². The minimum Gasteiger partial charge on any atom is -0.399 e. The molecule has 1 aliphatic rings. The molecule has 2 rings (SSSR count). The van der Waals surface area contributed by atoms with Crippen LogP contribution < -0.4 is 5.73 Å². The maximum absolute atomic E-state index is 13.1. The third kappa shape index (κ3) is 3.11. The summed E-state index contributed by atoms with van der Waals surface area (Å²) in [6.45, 7) is 0. The molecule has 0 radical (unpaired) electrons. The number of benzene rings is 1. The van der Waals surface area contributed by atoms with E-state index in [2.05, 4.69) is 0 Å². The van der Waals surface area contributed by atoms with Crippen LogP contribution in [-0.4, -0.2) is 36.4 Å². The Morgan fingerprint density at radius 3 is 2.59 bits per heavy atom. The van der Waals surface area contributed by atoms with Gasteiger partial charge in [0.1, 0.15) is 5.82 Å². The van der Waals surface area contributed by atoms with Crippen LogP contribution in [0.2, 0.25) is 0 Å². The Kier molecular flexibility index (Phi) is 3.33. The van der Waals surface area contributed by atoms with Gasteiger partial charge >= 0.3 is 0 Å². The first kappa shape index (κ1) is 12.7. The minimum absolute atomic E-state index is 0.0880. The average Bonchev–Trinajstić information content (AvgIpc) is 2.37. The lowest BCUT2D eigenvalue weighted by atomic mass is 10.3. The predicted molar refractivity (Wildman–Crippen MR) is 65.1 cm³/mol. The van der Waals surface area contributed by atoms with Gasteiger partial charge in [-0.25, -0.2) is 12.8 Å². The van der Waals surface area contributed by atoms with Crippen molar-refractivity contribution in [3.05, 3.63) is 24.0 Å². The second-order valence-corrected chi connectivity index (χ2v) is 7.49. The van der Waals surface area contributed by atoms with Gasteiger partial charge in [-0.1, -0.05) is 0 Å². The highest BCUT2D eigenvalue weighted by Gasteiger charge is 2.37. The number of sulfone groups is 1. The molecule has 17 heavy (non-hydrogen) atoms. The van der Waals surface area contributed by atoms with Crippen molar-refractivity contribution in [2.45, 2.75) is 16.2 Å². The molecule has 3 N–H and O–H groups in total. The number of halogens is 1. The molecule has 1 saturated heterocycles. The summed E-state index contributed by atoms with van der Waals surface area (Å²) < 4.78 is 35.7. The Balaban J connectivity index is 2.16. The summed E-state index contributed by atoms with van der Waals surface area (Å²) in [5.41, 5.74) is 5.77. The van der Waals surface area contributed by atoms with E-state index < -0.39 is 27.0 Å². The van der Waals surface area contributed by atoms with Crippen molar-refractivity contribution >= 4 is 27.3 Å². The number of thioether (sulfide) groups is 1. The van der Waals surface area contributed by atoms with Crippen molar-refractivity contribution in [1.82, 2.24) is 0 Å². The van der Waals surface area contributed by atoms with Gasteiger partial charge in [0.25, 0.3) is 0 Å². The van der Waals surface area contributed by atoms with Crippen LogP contribution in [-0.2, 0) is 9.84 Å². The summed E-state index contributed by atoms with van der Waals surface area (Å²) in [7, 11) is -3.18. The van der Waals surface area contributed by atoms with Crippen LogP contribution in [0.25, 0.3) is 0 Å². The molecule has 1 aromatic rings. The molecule has 0 aliphatic carbocycles. The average molecular weight is 277 g/mol. The minimum atomic E-state index is -3.18. The van der Waals surface area contributed by atoms with Crippen molar-refractivity contribution in [3.8, 4) is 0 Å². The summed E-state index contributed by atoms with van der Waals surface area (Å²) in [6, 6.07) is 4.02. The van der Waals surface area contributed by atoms with Crippen molar-refractivity contribution in [2.24, 2.45) is 0 Å². The fourth-order valence-electron chi connectivity index (χ4n) is 1.74. The van der Waals surface area contributed by atoms with Crippen LogP contribution in [0.4, 0.5) is 10.1 Å². The number of hydrogen-bond acceptors (Lipinski definition) is 5. The smallest absolute Gasteiger partial charge is 0.154 e. The van der Waals surface area contributed by atoms with Crippen LogP contribution in [0.15, 0.2) is 23.1 Å². The summed E-state index contributed by atoms with van der Waals surface area (Å²) in [6.07, 6.45) is -0.908. The standard InChI is InChI=1S/C10H12FNO3S2/c11-6-1-7(12)3-8(2-6)16-10-5-17(14,15)4-9(10)13/h1-3,9-10,13H,4-5,12H2. The molecule has 2 atom stereocenters. The molecular formula is C10H12FNO3S2. The lowest BCUT2D eigenvalue weighted by Gasteiger charge is -2.12. The molecule has 1 heterocycles. The van der Waals surface area contributed by atoms with Gasteiger partial charge in [0.15, 0.2) is 9.84 Å². The van der Waals surface area contributed by atoms with Crippen LogP contribution >= 0.6 is 11.8 Å². The summed E-state index contributed by atoms with van der Waals surface area (Å²) in [4.78, 5) is 0.531. The Morgan fingerprint density at radius 2 is 2.06 bits per heavy atom. The highest BCUT2D eigenvalue weighted by atomic mass is 32.2. The normalized spacial score (nSPS) is 27.2. The predicted octanol–water partition coefficient (Wildman–Crippen LogP) is 0.658. The fraction of sp³-hybridized carbons (Fsp3) is 0.400. The molecule has 1 fully saturated rings. The van der Waals surface area contributed by atoms with E-state index in [9.17, 15) is 17.9 Å². The zero-order valence-corrected chi connectivity index (χ0v) is 10.5. The van der Waals surface area contributed by atoms with E-state index in [0.29, 0.717) is 4.90 Å². The largest absolute Gasteiger partial charge is 0.399 e. The van der Waals surface area contributed by atoms with Gasteiger partial charge in [0, 0.05) is 10.6 Å². The van der Waals surface area contributed by atoms with Gasteiger partial charge in [-0.3, -0.25) is 0 Å². The molecule has 7 heteroatoms. The molecule has 4 nitrogen and oxygen atoms in total. The maximum atomic E-state index is 13.1. The van der Waals surface area contributed by atoms with Crippen LogP contribution in [0, 0.1) is 5.82 Å². The highest BCUT2D eigenvalue weighted by molar-refractivity contribution is 8.02. The first-order chi connectivity index (χ1) is 7.85. The Hall–Kier alpha value is -0.790. The number of aliphatic hydroxyl groups excluding tert-OH is 1. The van der Waals surface area contributed by atoms with Gasteiger partial charge in [0.05, 0.1) is 22.9 Å². The summed E-state index contributed by atoms with van der Waals surface area (Å²) in [5, 5.41) is 9.14. The summed E-state index contributed by atoms with van der Waals surface area (Å²) >= 11 is 1.14. The Bertz CT molecular complexity index is 512. The number of aliphatic hydroxyl groups is 1. The molecule has 1 aliphatic heterocycles. The number of nitrogens with two attached hydrogens (primary N) is 1. The molecule has 0 bridgehead atoms. The summed E-state index contributed by atoms with van der Waals surface area (Å²) in [5.74, 6) is -0.784. The van der Waals surface area contributed by atoms with Crippen LogP contribution in [0.3, 0.4) is 0 Å². The molecule has 2 unspecified atom stereocenters. The van der Waals surface area contributed by atoms with Crippen LogP contribution in [0.5, 0.6) is 0 Å². The fourth-order valence-corrected chi connectivity index (χ4v) is 5.35. The molecule has 0 aromatic heterocycles. The maximum Gasteiger partial charge on any atom is 0.154 e. The van der Waals surface area contributed by atoms with E-state index in [-0.39, 0.29) is 17.2 Å². The van der Waals surface area contributed by atoms with Gasteiger partial charge < -0.3 is 10.8 Å². The zero-order chi connectivity index (χ0) is 12.6. The molecule has 0 amide bonds. The second-order valence-electron chi connectivity index (χ2n) is 4.02. The zero-order valence-electron chi connectivity index (χ0n) is 8.84. The molecule has 94 valence electrons. The van der Waals surface area contributed by atoms with Crippen molar-refractivity contribution in [2.75, 3.05) is 17.2 Å². The molecule has 1 aromatic carbocycles. The lowest BCUT2D eigenvalue weighted by Crippen LogP contribution is -2.19. The van der Waals surface area contributed by atoms with Gasteiger partial charge in [-0.2, -0.15) is 0 Å². The highest BCUT2D eigenvalue weighted by Crippen LogP contribution is 2.32. The number of nitrogen functional groups attached to an aromatic ring is 1. The first-order valence-electron chi connectivity index (χ1n) is 4.97. The van der Waals surface area contributed by atoms with E-state index in [1.807, 2.05) is 0 Å². The second kappa shape index (κ2) is 4.47. The van der Waals surface area contributed by atoms with Crippen LogP contribution in [0.1, 0.15) is 0 Å². The molecule has 0 spiro atoms. The Labute approximate surface area is 103 Å². The molecule has 0 saturated carbocycles. The van der Waals surface area contributed by atoms with Crippen molar-refractivity contribution in [1.29, 1.82) is 0 Å². The van der Waals surface area contributed by atoms with Crippen molar-refractivity contribution < 1.29 is 17.9 Å². The van der Waals surface area contributed by atoms with Crippen molar-refractivity contribution in [3.63, 3.8) is 0 Å². The monoisotopic (exact) mass is 277 g/mol. The van der Waals surface area contributed by atoms with E-state index in [1.165, 1.54) is 12.1 Å². The quantitative estimate of drug-likeness (QED) is 0.776. The van der Waals surface area contributed by atoms with E-state index >= 15 is 0 Å². The number of hydrogen-bond donors (Lipinski definition) is 2. The SMILES string of the molecule is Nc1cc(F)cc(SC2CS(=O)(=O)CC2O)c1.